The van der Waals surface area contributed by atoms with Gasteiger partial charge in [0.1, 0.15) is 11.6 Å². The molecular formula is C15H12ClF2N. The van der Waals surface area contributed by atoms with E-state index >= 15 is 0 Å². The van der Waals surface area contributed by atoms with Crippen molar-refractivity contribution in [2.45, 2.75) is 18.9 Å². The lowest BCUT2D eigenvalue weighted by molar-refractivity contribution is 0.599. The van der Waals surface area contributed by atoms with Gasteiger partial charge < -0.3 is 5.32 Å². The zero-order valence-electron chi connectivity index (χ0n) is 10.1. The van der Waals surface area contributed by atoms with E-state index in [0.29, 0.717) is 5.02 Å². The highest BCUT2D eigenvalue weighted by atomic mass is 35.5. The summed E-state index contributed by atoms with van der Waals surface area (Å²) in [5.74, 6) is -0.877. The fourth-order valence-corrected chi connectivity index (χ4v) is 2.71. The molecule has 19 heavy (non-hydrogen) atoms. The number of nitrogens with one attached hydrogen (secondary N) is 1. The number of anilines is 1. The summed E-state index contributed by atoms with van der Waals surface area (Å²) >= 11 is 5.95. The van der Waals surface area contributed by atoms with Gasteiger partial charge in [-0.2, -0.15) is 0 Å². The van der Waals surface area contributed by atoms with Crippen molar-refractivity contribution < 1.29 is 8.78 Å². The molecule has 1 aliphatic carbocycles. The number of hydrogen-bond donors (Lipinski definition) is 1. The molecule has 1 aliphatic rings. The van der Waals surface area contributed by atoms with Gasteiger partial charge in [-0.05, 0) is 54.3 Å². The lowest BCUT2D eigenvalue weighted by Crippen LogP contribution is -2.20. The normalized spacial score (nSPS) is 17.3. The van der Waals surface area contributed by atoms with Crippen molar-refractivity contribution in [3.05, 3.63) is 64.2 Å². The molecule has 1 nitrogen and oxygen atoms in total. The number of benzene rings is 2. The molecule has 1 atom stereocenters. The Labute approximate surface area is 115 Å². The first-order chi connectivity index (χ1) is 9.11. The first kappa shape index (κ1) is 12.4. The predicted octanol–water partition coefficient (Wildman–Crippen LogP) is 4.20. The zero-order chi connectivity index (χ0) is 13.4. The highest BCUT2D eigenvalue weighted by Crippen LogP contribution is 2.28. The van der Waals surface area contributed by atoms with E-state index in [-0.39, 0.29) is 11.7 Å². The molecule has 2 aromatic rings. The second-order valence-corrected chi connectivity index (χ2v) is 5.22. The van der Waals surface area contributed by atoms with E-state index in [9.17, 15) is 8.78 Å². The van der Waals surface area contributed by atoms with Crippen molar-refractivity contribution in [3.8, 4) is 0 Å². The van der Waals surface area contributed by atoms with Crippen LogP contribution in [0.15, 0.2) is 36.4 Å². The Morgan fingerprint density at radius 2 is 1.79 bits per heavy atom. The smallest absolute Gasteiger partial charge is 0.146 e. The highest BCUT2D eigenvalue weighted by Gasteiger charge is 2.22. The van der Waals surface area contributed by atoms with Crippen molar-refractivity contribution in [2.24, 2.45) is 0 Å². The molecule has 0 saturated heterocycles. The van der Waals surface area contributed by atoms with Crippen molar-refractivity contribution in [1.82, 2.24) is 0 Å². The van der Waals surface area contributed by atoms with Crippen LogP contribution in [-0.2, 0) is 12.8 Å². The second-order valence-electron chi connectivity index (χ2n) is 4.79. The van der Waals surface area contributed by atoms with Crippen LogP contribution in [0.3, 0.4) is 0 Å². The summed E-state index contributed by atoms with van der Waals surface area (Å²) in [6.07, 6.45) is 1.56. The van der Waals surface area contributed by atoms with Crippen molar-refractivity contribution in [2.75, 3.05) is 5.32 Å². The molecule has 98 valence electrons. The van der Waals surface area contributed by atoms with Crippen LogP contribution < -0.4 is 5.32 Å². The lowest BCUT2D eigenvalue weighted by atomic mass is 10.1. The Morgan fingerprint density at radius 1 is 1.00 bits per heavy atom. The largest absolute Gasteiger partial charge is 0.379 e. The molecule has 0 saturated carbocycles. The van der Waals surface area contributed by atoms with E-state index in [2.05, 4.69) is 5.32 Å². The molecule has 1 unspecified atom stereocenters. The van der Waals surface area contributed by atoms with E-state index in [0.717, 1.165) is 25.0 Å². The lowest BCUT2D eigenvalue weighted by Gasteiger charge is -2.14. The fraction of sp³-hybridized carbons (Fsp3) is 0.200. The molecule has 0 radical (unpaired) electrons. The van der Waals surface area contributed by atoms with Crippen LogP contribution in [0.25, 0.3) is 0 Å². The second kappa shape index (κ2) is 4.82. The van der Waals surface area contributed by atoms with Gasteiger partial charge in [-0.25, -0.2) is 8.78 Å². The van der Waals surface area contributed by atoms with E-state index < -0.39 is 11.6 Å². The Bertz CT molecular complexity index is 628. The maximum absolute atomic E-state index is 13.6. The van der Waals surface area contributed by atoms with E-state index in [1.54, 1.807) is 0 Å². The molecule has 0 fully saturated rings. The van der Waals surface area contributed by atoms with Gasteiger partial charge in [0.05, 0.1) is 5.69 Å². The summed E-state index contributed by atoms with van der Waals surface area (Å²) in [5.41, 5.74) is 2.59. The van der Waals surface area contributed by atoms with Crippen LogP contribution in [0.2, 0.25) is 5.02 Å². The van der Waals surface area contributed by atoms with E-state index in [4.69, 9.17) is 11.6 Å². The molecule has 0 heterocycles. The average Bonchev–Trinajstić information content (AvgIpc) is 2.75. The summed E-state index contributed by atoms with van der Waals surface area (Å²) in [7, 11) is 0. The maximum Gasteiger partial charge on any atom is 0.146 e. The Balaban J connectivity index is 1.78. The number of fused-ring (bicyclic) bond motifs is 1. The molecule has 4 heteroatoms. The van der Waals surface area contributed by atoms with Crippen molar-refractivity contribution >= 4 is 17.3 Å². The summed E-state index contributed by atoms with van der Waals surface area (Å²) < 4.78 is 26.7. The van der Waals surface area contributed by atoms with Crippen LogP contribution in [0.5, 0.6) is 0 Å². The minimum absolute atomic E-state index is 0.0739. The van der Waals surface area contributed by atoms with Crippen molar-refractivity contribution in [1.29, 1.82) is 0 Å². The highest BCUT2D eigenvalue weighted by molar-refractivity contribution is 6.30. The van der Waals surface area contributed by atoms with Crippen LogP contribution in [0, 0.1) is 11.6 Å². The van der Waals surface area contributed by atoms with Gasteiger partial charge in [0.2, 0.25) is 0 Å². The van der Waals surface area contributed by atoms with Crippen LogP contribution in [0.4, 0.5) is 14.5 Å². The van der Waals surface area contributed by atoms with Crippen molar-refractivity contribution in [3.63, 3.8) is 0 Å². The molecule has 0 spiro atoms. The van der Waals surface area contributed by atoms with Gasteiger partial charge in [-0.1, -0.05) is 17.7 Å². The van der Waals surface area contributed by atoms with Crippen LogP contribution in [-0.4, -0.2) is 6.04 Å². The minimum Gasteiger partial charge on any atom is -0.379 e. The average molecular weight is 280 g/mol. The first-order valence-electron chi connectivity index (χ1n) is 6.11. The van der Waals surface area contributed by atoms with E-state index in [1.807, 2.05) is 18.2 Å². The van der Waals surface area contributed by atoms with Crippen LogP contribution in [0.1, 0.15) is 11.1 Å². The van der Waals surface area contributed by atoms with Gasteiger partial charge in [0.15, 0.2) is 0 Å². The maximum atomic E-state index is 13.6. The minimum atomic E-state index is -0.442. The molecule has 1 N–H and O–H groups in total. The third-order valence-electron chi connectivity index (χ3n) is 3.39. The molecular weight excluding hydrogens is 268 g/mol. The van der Waals surface area contributed by atoms with Crippen LogP contribution >= 0.6 is 11.6 Å². The topological polar surface area (TPSA) is 12.0 Å². The van der Waals surface area contributed by atoms with E-state index in [1.165, 1.54) is 17.2 Å². The Hall–Kier alpha value is -1.61. The standard InChI is InChI=1S/C15H12ClF2N/c16-11-2-1-9-6-13(7-10(9)5-11)19-15-8-12(17)3-4-14(15)18/h1-5,8,13,19H,6-7H2. The molecule has 3 rings (SSSR count). The number of rotatable bonds is 2. The first-order valence-corrected chi connectivity index (χ1v) is 6.48. The molecule has 2 aromatic carbocycles. The Kier molecular flexibility index (Phi) is 3.15. The number of hydrogen-bond acceptors (Lipinski definition) is 1. The third kappa shape index (κ3) is 2.56. The van der Waals surface area contributed by atoms with Gasteiger partial charge in [-0.15, -0.1) is 0 Å². The fourth-order valence-electron chi connectivity index (χ4n) is 2.52. The molecule has 0 amide bonds. The van der Waals surface area contributed by atoms with Gasteiger partial charge >= 0.3 is 0 Å². The number of halogens is 3. The Morgan fingerprint density at radius 3 is 2.63 bits per heavy atom. The predicted molar refractivity (Wildman–Crippen MR) is 72.6 cm³/mol. The summed E-state index contributed by atoms with van der Waals surface area (Å²) in [6, 6.07) is 9.28. The van der Waals surface area contributed by atoms with Gasteiger partial charge in [0.25, 0.3) is 0 Å². The summed E-state index contributed by atoms with van der Waals surface area (Å²) in [4.78, 5) is 0. The molecule has 0 aromatic heterocycles. The van der Waals surface area contributed by atoms with Gasteiger partial charge in [0, 0.05) is 11.1 Å². The van der Waals surface area contributed by atoms with Gasteiger partial charge in [-0.3, -0.25) is 0 Å². The summed E-state index contributed by atoms with van der Waals surface area (Å²) in [5, 5.41) is 3.76. The monoisotopic (exact) mass is 279 g/mol. The summed E-state index contributed by atoms with van der Waals surface area (Å²) in [6.45, 7) is 0. The quantitative estimate of drug-likeness (QED) is 0.869. The third-order valence-corrected chi connectivity index (χ3v) is 3.62. The zero-order valence-corrected chi connectivity index (χ0v) is 10.8. The SMILES string of the molecule is Fc1ccc(F)c(NC2Cc3ccc(Cl)cc3C2)c1. The molecule has 0 aliphatic heterocycles. The molecule has 0 bridgehead atoms.